The van der Waals surface area contributed by atoms with Crippen LogP contribution in [0, 0.1) is 10.1 Å². The van der Waals surface area contributed by atoms with Gasteiger partial charge in [0.25, 0.3) is 0 Å². The molecule has 4 nitrogen and oxygen atoms in total. The molecule has 5 heteroatoms. The fourth-order valence-corrected chi connectivity index (χ4v) is 4.62. The number of rotatable bonds is 11. The first-order valence-corrected chi connectivity index (χ1v) is 9.54. The average molecular weight is 358 g/mol. The summed E-state index contributed by atoms with van der Waals surface area (Å²) in [6, 6.07) is 6.90. The Balaban J connectivity index is 2.42. The van der Waals surface area contributed by atoms with Crippen molar-refractivity contribution in [3.63, 3.8) is 0 Å². The van der Waals surface area contributed by atoms with Crippen LogP contribution in [-0.4, -0.2) is 31.6 Å². The summed E-state index contributed by atoms with van der Waals surface area (Å²) in [5, 5.41) is 20.5. The second kappa shape index (κ2) is 10.8. The van der Waals surface area contributed by atoms with E-state index >= 15 is 0 Å². The normalized spacial score (nSPS) is 12.3. The zero-order valence-corrected chi connectivity index (χ0v) is 14.4. The molecule has 1 aromatic carbocycles. The number of nitro groups is 1. The number of hydrogen-bond acceptors (Lipinski definition) is 3. The summed E-state index contributed by atoms with van der Waals surface area (Å²) in [7, 11) is 0. The molecule has 0 heterocycles. The van der Waals surface area contributed by atoms with Crippen molar-refractivity contribution in [2.24, 2.45) is 0 Å². The number of nitro benzene ring substituents is 1. The van der Waals surface area contributed by atoms with Gasteiger partial charge >= 0.3 is 133 Å². The molecule has 0 bridgehead atoms. The molecule has 1 rings (SSSR count). The minimum atomic E-state index is -0.323. The van der Waals surface area contributed by atoms with Crippen LogP contribution in [0.15, 0.2) is 24.3 Å². The van der Waals surface area contributed by atoms with Crippen LogP contribution < -0.4 is 4.46 Å². The van der Waals surface area contributed by atoms with E-state index in [1.165, 1.54) is 32.1 Å². The molecule has 1 aromatic rings. The number of hydrogen-bond donors (Lipinski definition) is 1. The van der Waals surface area contributed by atoms with Crippen molar-refractivity contribution in [3.8, 4) is 0 Å². The zero-order chi connectivity index (χ0) is 15.5. The Morgan fingerprint density at radius 2 is 1.86 bits per heavy atom. The summed E-state index contributed by atoms with van der Waals surface area (Å²) in [5.41, 5.74) is 0.193. The standard InChI is InChI=1S/C16H25NO3Se/c1-2-3-4-5-6-7-10-14(13-18)21-16-12-9-8-11-15(16)17(19)20/h8-9,11-12,14,18H,2-7,10,13H2,1H3. The van der Waals surface area contributed by atoms with E-state index in [1.54, 1.807) is 12.1 Å². The Bertz CT molecular complexity index is 426. The molecule has 1 N–H and O–H groups in total. The minimum absolute atomic E-state index is 0.0398. The molecule has 0 aromatic heterocycles. The van der Waals surface area contributed by atoms with Crippen molar-refractivity contribution in [3.05, 3.63) is 34.4 Å². The SMILES string of the molecule is CCCCCCCCC(CO)[Se]c1ccccc1[N+](=O)[O-]. The number of aliphatic hydroxyl groups is 1. The van der Waals surface area contributed by atoms with Crippen LogP contribution >= 0.6 is 0 Å². The third-order valence-corrected chi connectivity index (χ3v) is 6.20. The number of unbranched alkanes of at least 4 members (excludes halogenated alkanes) is 5. The molecule has 0 aliphatic carbocycles. The van der Waals surface area contributed by atoms with Crippen molar-refractivity contribution in [1.29, 1.82) is 0 Å². The Labute approximate surface area is 133 Å². The number of para-hydroxylation sites is 1. The second-order valence-electron chi connectivity index (χ2n) is 5.20. The van der Waals surface area contributed by atoms with Gasteiger partial charge in [-0.2, -0.15) is 0 Å². The molecule has 0 saturated heterocycles. The zero-order valence-electron chi connectivity index (χ0n) is 12.7. The molecule has 0 aliphatic rings. The summed E-state index contributed by atoms with van der Waals surface area (Å²) < 4.78 is 0.792. The molecule has 118 valence electrons. The molecule has 0 amide bonds. The summed E-state index contributed by atoms with van der Waals surface area (Å²) in [6.45, 7) is 2.33. The van der Waals surface area contributed by atoms with Crippen molar-refractivity contribution in [2.75, 3.05) is 6.61 Å². The van der Waals surface area contributed by atoms with Crippen molar-refractivity contribution >= 4 is 25.1 Å². The predicted octanol–water partition coefficient (Wildman–Crippen LogP) is 3.46. The van der Waals surface area contributed by atoms with Gasteiger partial charge in [0.05, 0.1) is 0 Å². The van der Waals surface area contributed by atoms with E-state index in [2.05, 4.69) is 6.92 Å². The molecular weight excluding hydrogens is 333 g/mol. The monoisotopic (exact) mass is 359 g/mol. The van der Waals surface area contributed by atoms with Gasteiger partial charge in [0, 0.05) is 0 Å². The van der Waals surface area contributed by atoms with Crippen LogP contribution in [0.25, 0.3) is 0 Å². The van der Waals surface area contributed by atoms with Gasteiger partial charge in [0.2, 0.25) is 0 Å². The first-order valence-electron chi connectivity index (χ1n) is 7.70. The van der Waals surface area contributed by atoms with Crippen LogP contribution in [0.3, 0.4) is 0 Å². The van der Waals surface area contributed by atoms with E-state index in [-0.39, 0.29) is 37.0 Å². The Kier molecular flexibility index (Phi) is 9.31. The fraction of sp³-hybridized carbons (Fsp3) is 0.625. The molecule has 21 heavy (non-hydrogen) atoms. The molecule has 1 atom stereocenters. The Hall–Kier alpha value is -0.901. The number of aliphatic hydroxyl groups excluding tert-OH is 1. The van der Waals surface area contributed by atoms with Crippen molar-refractivity contribution < 1.29 is 10.0 Å². The molecular formula is C16H25NO3Se. The first-order chi connectivity index (χ1) is 10.2. The van der Waals surface area contributed by atoms with Gasteiger partial charge in [0.15, 0.2) is 0 Å². The van der Waals surface area contributed by atoms with E-state index in [0.717, 1.165) is 17.3 Å². The van der Waals surface area contributed by atoms with E-state index < -0.39 is 0 Å². The summed E-state index contributed by atoms with van der Waals surface area (Å²) >= 11 is -0.0398. The van der Waals surface area contributed by atoms with E-state index in [0.29, 0.717) is 0 Å². The van der Waals surface area contributed by atoms with E-state index in [1.807, 2.05) is 12.1 Å². The topological polar surface area (TPSA) is 63.4 Å². The maximum absolute atomic E-state index is 11.0. The third kappa shape index (κ3) is 7.07. The first kappa shape index (κ1) is 18.1. The van der Waals surface area contributed by atoms with Gasteiger partial charge in [0.1, 0.15) is 0 Å². The summed E-state index contributed by atoms with van der Waals surface area (Å²) in [5.74, 6) is 0. The van der Waals surface area contributed by atoms with Gasteiger partial charge in [-0.25, -0.2) is 0 Å². The maximum atomic E-state index is 11.0. The van der Waals surface area contributed by atoms with Gasteiger partial charge < -0.3 is 0 Å². The fourth-order valence-electron chi connectivity index (χ4n) is 2.23. The second-order valence-corrected chi connectivity index (χ2v) is 8.02. The third-order valence-electron chi connectivity index (χ3n) is 3.44. The molecule has 0 radical (unpaired) electrons. The molecule has 0 saturated carbocycles. The van der Waals surface area contributed by atoms with E-state index in [4.69, 9.17) is 0 Å². The Morgan fingerprint density at radius 1 is 1.19 bits per heavy atom. The average Bonchev–Trinajstić information content (AvgIpc) is 2.49. The molecule has 0 fully saturated rings. The van der Waals surface area contributed by atoms with E-state index in [9.17, 15) is 15.2 Å². The van der Waals surface area contributed by atoms with Crippen LogP contribution in [0.2, 0.25) is 4.82 Å². The van der Waals surface area contributed by atoms with Gasteiger partial charge in [-0.15, -0.1) is 0 Å². The predicted molar refractivity (Wildman–Crippen MR) is 87.3 cm³/mol. The van der Waals surface area contributed by atoms with Crippen LogP contribution in [0.5, 0.6) is 0 Å². The van der Waals surface area contributed by atoms with Gasteiger partial charge in [-0.05, 0) is 0 Å². The molecule has 1 unspecified atom stereocenters. The number of nitrogens with zero attached hydrogens (tertiary/aromatic N) is 1. The molecule has 0 aliphatic heterocycles. The summed E-state index contributed by atoms with van der Waals surface area (Å²) in [6.07, 6.45) is 8.36. The Morgan fingerprint density at radius 3 is 2.52 bits per heavy atom. The quantitative estimate of drug-likeness (QED) is 0.285. The molecule has 0 spiro atoms. The van der Waals surface area contributed by atoms with Crippen molar-refractivity contribution in [2.45, 2.75) is 56.7 Å². The summed E-state index contributed by atoms with van der Waals surface area (Å²) in [4.78, 5) is 10.9. The van der Waals surface area contributed by atoms with Crippen LogP contribution in [-0.2, 0) is 0 Å². The van der Waals surface area contributed by atoms with Crippen LogP contribution in [0.1, 0.15) is 51.9 Å². The van der Waals surface area contributed by atoms with Gasteiger partial charge in [-0.1, -0.05) is 0 Å². The van der Waals surface area contributed by atoms with Crippen molar-refractivity contribution in [1.82, 2.24) is 0 Å². The number of benzene rings is 1. The van der Waals surface area contributed by atoms with Crippen LogP contribution in [0.4, 0.5) is 5.69 Å². The van der Waals surface area contributed by atoms with Gasteiger partial charge in [-0.3, -0.25) is 0 Å².